The predicted molar refractivity (Wildman–Crippen MR) is 102 cm³/mol. The molecule has 1 aromatic carbocycles. The Morgan fingerprint density at radius 2 is 1.71 bits per heavy atom. The third-order valence-electron chi connectivity index (χ3n) is 4.78. The molecule has 0 atom stereocenters. The number of pyridine rings is 1. The van der Waals surface area contributed by atoms with Gasteiger partial charge in [-0.05, 0) is 56.2 Å². The first-order chi connectivity index (χ1) is 13.5. The molecule has 0 unspecified atom stereocenters. The number of nitrogens with zero attached hydrogens (tertiary/aromatic N) is 3. The summed E-state index contributed by atoms with van der Waals surface area (Å²) < 4.78 is 0. The van der Waals surface area contributed by atoms with Gasteiger partial charge in [-0.1, -0.05) is 0 Å². The summed E-state index contributed by atoms with van der Waals surface area (Å²) in [5, 5.41) is 11.8. The number of carbonyl (C=O) groups is 3. The van der Waals surface area contributed by atoms with Crippen molar-refractivity contribution in [3.05, 3.63) is 65.0 Å². The number of rotatable bonds is 4. The second-order valence-electron chi connectivity index (χ2n) is 6.72. The third-order valence-corrected chi connectivity index (χ3v) is 4.78. The highest BCUT2D eigenvalue weighted by molar-refractivity contribution is 5.96. The molecule has 0 saturated carbocycles. The van der Waals surface area contributed by atoms with Crippen LogP contribution in [0.15, 0.2) is 42.6 Å². The Labute approximate surface area is 163 Å². The fraction of sp³-hybridized carbons (Fsp3) is 0.286. The first-order valence-corrected chi connectivity index (χ1v) is 9.05. The molecule has 0 bridgehead atoms. The van der Waals surface area contributed by atoms with E-state index >= 15 is 0 Å². The van der Waals surface area contributed by atoms with Gasteiger partial charge in [-0.15, -0.1) is 0 Å². The van der Waals surface area contributed by atoms with Crippen molar-refractivity contribution in [3.63, 3.8) is 0 Å². The van der Waals surface area contributed by atoms with Crippen LogP contribution in [0.5, 0.6) is 0 Å². The molecule has 1 saturated heterocycles. The maximum absolute atomic E-state index is 12.6. The van der Waals surface area contributed by atoms with Crippen LogP contribution < -0.4 is 5.32 Å². The van der Waals surface area contributed by atoms with Crippen LogP contribution in [-0.4, -0.2) is 46.6 Å². The molecule has 2 amide bonds. The topological polar surface area (TPSA) is 103 Å². The molecular weight excluding hydrogens is 356 g/mol. The van der Waals surface area contributed by atoms with Crippen molar-refractivity contribution in [3.8, 4) is 6.07 Å². The van der Waals surface area contributed by atoms with Crippen LogP contribution in [0.25, 0.3) is 0 Å². The number of amides is 2. The number of piperidine rings is 1. The van der Waals surface area contributed by atoms with Crippen molar-refractivity contribution in [2.75, 3.05) is 13.1 Å². The van der Waals surface area contributed by atoms with Gasteiger partial charge < -0.3 is 10.2 Å². The van der Waals surface area contributed by atoms with E-state index in [1.54, 1.807) is 35.2 Å². The summed E-state index contributed by atoms with van der Waals surface area (Å²) >= 11 is 0. The van der Waals surface area contributed by atoms with Crippen LogP contribution in [0, 0.1) is 11.3 Å². The van der Waals surface area contributed by atoms with Gasteiger partial charge in [0.15, 0.2) is 5.78 Å². The summed E-state index contributed by atoms with van der Waals surface area (Å²) in [5.41, 5.74) is 1.80. The van der Waals surface area contributed by atoms with Gasteiger partial charge in [0.05, 0.1) is 11.6 Å². The highest BCUT2D eigenvalue weighted by atomic mass is 16.2. The molecule has 2 aromatic rings. The molecule has 0 spiro atoms. The summed E-state index contributed by atoms with van der Waals surface area (Å²) in [4.78, 5) is 42.0. The zero-order valence-corrected chi connectivity index (χ0v) is 15.5. The number of ketones is 1. The van der Waals surface area contributed by atoms with Gasteiger partial charge in [-0.2, -0.15) is 5.26 Å². The van der Waals surface area contributed by atoms with E-state index in [1.165, 1.54) is 19.2 Å². The fourth-order valence-electron chi connectivity index (χ4n) is 3.09. The molecule has 1 fully saturated rings. The molecule has 28 heavy (non-hydrogen) atoms. The molecule has 7 nitrogen and oxygen atoms in total. The number of nitrogens with one attached hydrogen (secondary N) is 1. The Morgan fingerprint density at radius 3 is 2.25 bits per heavy atom. The van der Waals surface area contributed by atoms with Crippen LogP contribution in [0.1, 0.15) is 56.5 Å². The highest BCUT2D eigenvalue weighted by Crippen LogP contribution is 2.15. The van der Waals surface area contributed by atoms with E-state index in [4.69, 9.17) is 5.26 Å². The number of Topliss-reactive ketones (excluding diaryl/α,β-unsaturated/α-hetero) is 1. The Morgan fingerprint density at radius 1 is 1.07 bits per heavy atom. The molecule has 0 radical (unpaired) electrons. The van der Waals surface area contributed by atoms with E-state index in [0.29, 0.717) is 42.6 Å². The Hall–Kier alpha value is -3.53. The smallest absolute Gasteiger partial charge is 0.270 e. The number of benzene rings is 1. The summed E-state index contributed by atoms with van der Waals surface area (Å²) in [7, 11) is 0. The van der Waals surface area contributed by atoms with Gasteiger partial charge in [0.1, 0.15) is 5.69 Å². The lowest BCUT2D eigenvalue weighted by atomic mass is 10.0. The molecule has 3 rings (SSSR count). The van der Waals surface area contributed by atoms with E-state index in [-0.39, 0.29) is 29.3 Å². The third kappa shape index (κ3) is 4.41. The zero-order chi connectivity index (χ0) is 20.1. The molecular formula is C21H20N4O3. The zero-order valence-electron chi connectivity index (χ0n) is 15.5. The van der Waals surface area contributed by atoms with Gasteiger partial charge in [0.25, 0.3) is 11.8 Å². The summed E-state index contributed by atoms with van der Waals surface area (Å²) in [6.07, 6.45) is 2.70. The summed E-state index contributed by atoms with van der Waals surface area (Å²) in [5.74, 6) is -0.457. The Balaban J connectivity index is 1.53. The predicted octanol–water partition coefficient (Wildman–Crippen LogP) is 2.19. The maximum atomic E-state index is 12.6. The number of carbonyl (C=O) groups excluding carboxylic acids is 3. The Bertz CT molecular complexity index is 922. The molecule has 1 aliphatic rings. The second-order valence-corrected chi connectivity index (χ2v) is 6.72. The lowest BCUT2D eigenvalue weighted by Crippen LogP contribution is -2.46. The quantitative estimate of drug-likeness (QED) is 0.824. The van der Waals surface area contributed by atoms with Crippen LogP contribution in [-0.2, 0) is 0 Å². The molecule has 1 N–H and O–H groups in total. The van der Waals surface area contributed by atoms with E-state index in [2.05, 4.69) is 10.3 Å². The van der Waals surface area contributed by atoms with Crippen LogP contribution >= 0.6 is 0 Å². The van der Waals surface area contributed by atoms with Gasteiger partial charge in [-0.3, -0.25) is 19.4 Å². The highest BCUT2D eigenvalue weighted by Gasteiger charge is 2.25. The molecule has 7 heteroatoms. The molecule has 142 valence electrons. The largest absolute Gasteiger partial charge is 0.348 e. The maximum Gasteiger partial charge on any atom is 0.270 e. The SMILES string of the molecule is CC(=O)c1ccc(C(=O)NC2CCN(C(=O)c3ccc(C#N)cc3)CC2)nc1. The van der Waals surface area contributed by atoms with Gasteiger partial charge in [0, 0.05) is 36.5 Å². The molecule has 0 aliphatic carbocycles. The van der Waals surface area contributed by atoms with Gasteiger partial charge in [0.2, 0.25) is 0 Å². The average Bonchev–Trinajstić information content (AvgIpc) is 2.74. The minimum atomic E-state index is -0.285. The van der Waals surface area contributed by atoms with Crippen molar-refractivity contribution in [2.24, 2.45) is 0 Å². The second kappa shape index (κ2) is 8.44. The van der Waals surface area contributed by atoms with E-state index in [1.807, 2.05) is 6.07 Å². The van der Waals surface area contributed by atoms with Crippen molar-refractivity contribution in [2.45, 2.75) is 25.8 Å². The van der Waals surface area contributed by atoms with Crippen LogP contribution in [0.3, 0.4) is 0 Å². The fourth-order valence-corrected chi connectivity index (χ4v) is 3.09. The van der Waals surface area contributed by atoms with Gasteiger partial charge >= 0.3 is 0 Å². The monoisotopic (exact) mass is 376 g/mol. The average molecular weight is 376 g/mol. The number of aromatic nitrogens is 1. The molecule has 1 aliphatic heterocycles. The minimum absolute atomic E-state index is 0.0354. The van der Waals surface area contributed by atoms with Crippen LogP contribution in [0.4, 0.5) is 0 Å². The summed E-state index contributed by atoms with van der Waals surface area (Å²) in [6.45, 7) is 2.53. The van der Waals surface area contributed by atoms with Crippen LogP contribution in [0.2, 0.25) is 0 Å². The van der Waals surface area contributed by atoms with Crippen molar-refractivity contribution < 1.29 is 14.4 Å². The minimum Gasteiger partial charge on any atom is -0.348 e. The normalized spacial score (nSPS) is 14.2. The van der Waals surface area contributed by atoms with E-state index < -0.39 is 0 Å². The molecule has 2 heterocycles. The van der Waals surface area contributed by atoms with Crippen molar-refractivity contribution >= 4 is 17.6 Å². The summed E-state index contributed by atoms with van der Waals surface area (Å²) in [6, 6.07) is 11.7. The lowest BCUT2D eigenvalue weighted by molar-refractivity contribution is 0.0697. The molecule has 1 aromatic heterocycles. The van der Waals surface area contributed by atoms with Crippen molar-refractivity contribution in [1.29, 1.82) is 5.26 Å². The number of hydrogen-bond acceptors (Lipinski definition) is 5. The lowest BCUT2D eigenvalue weighted by Gasteiger charge is -2.32. The van der Waals surface area contributed by atoms with E-state index in [9.17, 15) is 14.4 Å². The standard InChI is InChI=1S/C21H20N4O3/c1-14(26)17-6-7-19(23-13-17)20(27)24-18-8-10-25(11-9-18)21(28)16-4-2-15(12-22)3-5-16/h2-7,13,18H,8-11H2,1H3,(H,24,27). The van der Waals surface area contributed by atoms with E-state index in [0.717, 1.165) is 0 Å². The first-order valence-electron chi connectivity index (χ1n) is 9.05. The Kier molecular flexibility index (Phi) is 5.80. The first kappa shape index (κ1) is 19.2. The number of nitriles is 1. The van der Waals surface area contributed by atoms with Gasteiger partial charge in [-0.25, -0.2) is 0 Å². The number of hydrogen-bond donors (Lipinski definition) is 1. The number of likely N-dealkylation sites (tertiary alicyclic amines) is 1. The van der Waals surface area contributed by atoms with Crippen molar-refractivity contribution in [1.82, 2.24) is 15.2 Å².